The lowest BCUT2D eigenvalue weighted by Crippen LogP contribution is -2.27. The van der Waals surface area contributed by atoms with E-state index in [4.69, 9.17) is 4.74 Å². The first-order valence-corrected chi connectivity index (χ1v) is 7.33. The van der Waals surface area contributed by atoms with Gasteiger partial charge in [-0.1, -0.05) is 13.3 Å². The first-order chi connectivity index (χ1) is 8.60. The van der Waals surface area contributed by atoms with E-state index in [2.05, 4.69) is 28.0 Å². The van der Waals surface area contributed by atoms with Gasteiger partial charge >= 0.3 is 0 Å². The Bertz CT molecular complexity index is 408. The van der Waals surface area contributed by atoms with Crippen molar-refractivity contribution in [3.63, 3.8) is 0 Å². The minimum atomic E-state index is -0.732. The third-order valence-corrected chi connectivity index (χ3v) is 4.49. The lowest BCUT2D eigenvalue weighted by atomic mass is 9.95. The molecular weight excluding hydrogens is 296 g/mol. The fourth-order valence-corrected chi connectivity index (χ4v) is 3.53. The van der Waals surface area contributed by atoms with Gasteiger partial charge in [0.05, 0.1) is 29.5 Å². The molecule has 1 aliphatic rings. The minimum Gasteiger partial charge on any atom is -0.384 e. The summed E-state index contributed by atoms with van der Waals surface area (Å²) in [5, 5.41) is 15.2. The molecule has 18 heavy (non-hydrogen) atoms. The number of hydrogen-bond acceptors (Lipinski definition) is 3. The number of rotatable bonds is 5. The summed E-state index contributed by atoms with van der Waals surface area (Å²) in [6.45, 7) is 3.47. The number of methoxy groups -OCH3 is 1. The van der Waals surface area contributed by atoms with Gasteiger partial charge in [-0.05, 0) is 41.1 Å². The molecule has 1 saturated carbocycles. The van der Waals surface area contributed by atoms with Crippen LogP contribution in [-0.4, -0.2) is 28.6 Å². The minimum absolute atomic E-state index is 0.606. The van der Waals surface area contributed by atoms with Crippen LogP contribution in [0.4, 0.5) is 0 Å². The summed E-state index contributed by atoms with van der Waals surface area (Å²) in [6.07, 6.45) is 5.65. The molecule has 1 heterocycles. The Kier molecular flexibility index (Phi) is 4.45. The average molecular weight is 317 g/mol. The summed E-state index contributed by atoms with van der Waals surface area (Å²) in [7, 11) is 1.68. The predicted molar refractivity (Wildman–Crippen MR) is 73.3 cm³/mol. The first kappa shape index (κ1) is 14.0. The molecule has 2 unspecified atom stereocenters. The fourth-order valence-electron chi connectivity index (χ4n) is 2.86. The van der Waals surface area contributed by atoms with Crippen LogP contribution in [0.1, 0.15) is 38.3 Å². The number of hydrogen-bond donors (Lipinski definition) is 1. The van der Waals surface area contributed by atoms with Crippen molar-refractivity contribution in [3.05, 3.63) is 16.4 Å². The van der Waals surface area contributed by atoms with E-state index in [-0.39, 0.29) is 0 Å². The molecule has 5 heteroatoms. The third kappa shape index (κ3) is 2.63. The molecule has 1 fully saturated rings. The fraction of sp³-hybridized carbons (Fsp3) is 0.769. The second kappa shape index (κ2) is 5.72. The zero-order valence-electron chi connectivity index (χ0n) is 11.0. The van der Waals surface area contributed by atoms with Gasteiger partial charge in [0.1, 0.15) is 5.60 Å². The summed E-state index contributed by atoms with van der Waals surface area (Å²) >= 11 is 3.51. The molecule has 0 bridgehead atoms. The third-order valence-electron chi connectivity index (χ3n) is 3.91. The van der Waals surface area contributed by atoms with Crippen LogP contribution in [0.25, 0.3) is 0 Å². The van der Waals surface area contributed by atoms with Gasteiger partial charge in [-0.15, -0.1) is 0 Å². The van der Waals surface area contributed by atoms with E-state index in [1.54, 1.807) is 13.3 Å². The van der Waals surface area contributed by atoms with Crippen LogP contribution >= 0.6 is 15.9 Å². The topological polar surface area (TPSA) is 47.3 Å². The van der Waals surface area contributed by atoms with E-state index < -0.39 is 5.60 Å². The van der Waals surface area contributed by atoms with Crippen molar-refractivity contribution in [2.75, 3.05) is 13.7 Å². The Morgan fingerprint density at radius 1 is 1.67 bits per heavy atom. The van der Waals surface area contributed by atoms with Gasteiger partial charge in [0.2, 0.25) is 0 Å². The molecule has 1 aromatic rings. The smallest absolute Gasteiger partial charge is 0.108 e. The summed E-state index contributed by atoms with van der Waals surface area (Å²) < 4.78 is 7.86. The highest BCUT2D eigenvalue weighted by atomic mass is 79.9. The van der Waals surface area contributed by atoms with Gasteiger partial charge in [0, 0.05) is 7.11 Å². The SMILES string of the molecule is CCC1CCC(O)(c2c(Br)cnn2CCOC)C1. The molecule has 2 rings (SSSR count). The Morgan fingerprint density at radius 2 is 2.44 bits per heavy atom. The van der Waals surface area contributed by atoms with E-state index in [1.807, 2.05) is 4.68 Å². The van der Waals surface area contributed by atoms with E-state index in [9.17, 15) is 5.11 Å². The molecule has 102 valence electrons. The van der Waals surface area contributed by atoms with E-state index in [0.717, 1.165) is 35.8 Å². The van der Waals surface area contributed by atoms with Crippen molar-refractivity contribution in [2.24, 2.45) is 5.92 Å². The van der Waals surface area contributed by atoms with Crippen LogP contribution in [0.15, 0.2) is 10.7 Å². The summed E-state index contributed by atoms with van der Waals surface area (Å²) in [6, 6.07) is 0. The number of aliphatic hydroxyl groups is 1. The average Bonchev–Trinajstić information content (AvgIpc) is 2.91. The Hall–Kier alpha value is -0.390. The van der Waals surface area contributed by atoms with Gasteiger partial charge in [-0.25, -0.2) is 0 Å². The van der Waals surface area contributed by atoms with Crippen LogP contribution in [0.2, 0.25) is 0 Å². The molecule has 4 nitrogen and oxygen atoms in total. The van der Waals surface area contributed by atoms with Gasteiger partial charge < -0.3 is 9.84 Å². The molecule has 1 aliphatic carbocycles. The highest BCUT2D eigenvalue weighted by molar-refractivity contribution is 9.10. The van der Waals surface area contributed by atoms with Crippen LogP contribution in [-0.2, 0) is 16.9 Å². The maximum absolute atomic E-state index is 10.9. The van der Waals surface area contributed by atoms with Gasteiger partial charge in [-0.2, -0.15) is 5.10 Å². The zero-order valence-corrected chi connectivity index (χ0v) is 12.6. The normalized spacial score (nSPS) is 27.9. The molecule has 1 N–H and O–H groups in total. The summed E-state index contributed by atoms with van der Waals surface area (Å²) in [4.78, 5) is 0. The maximum Gasteiger partial charge on any atom is 0.108 e. The van der Waals surface area contributed by atoms with Gasteiger partial charge in [0.15, 0.2) is 0 Å². The van der Waals surface area contributed by atoms with Crippen LogP contribution in [0.5, 0.6) is 0 Å². The van der Waals surface area contributed by atoms with E-state index in [0.29, 0.717) is 19.1 Å². The number of ether oxygens (including phenoxy) is 1. The Labute approximate surface area is 116 Å². The Balaban J connectivity index is 2.24. The molecule has 0 aliphatic heterocycles. The molecule has 2 atom stereocenters. The lowest BCUT2D eigenvalue weighted by Gasteiger charge is -2.25. The second-order valence-electron chi connectivity index (χ2n) is 5.11. The number of nitrogens with zero attached hydrogens (tertiary/aromatic N) is 2. The molecule has 1 aromatic heterocycles. The van der Waals surface area contributed by atoms with Crippen molar-refractivity contribution < 1.29 is 9.84 Å². The monoisotopic (exact) mass is 316 g/mol. The van der Waals surface area contributed by atoms with Crippen molar-refractivity contribution >= 4 is 15.9 Å². The molecule has 0 radical (unpaired) electrons. The van der Waals surface area contributed by atoms with Gasteiger partial charge in [-0.3, -0.25) is 4.68 Å². The molecular formula is C13H21BrN2O2. The predicted octanol–water partition coefficient (Wildman–Crippen LogP) is 2.69. The largest absolute Gasteiger partial charge is 0.384 e. The molecule has 0 aromatic carbocycles. The summed E-state index contributed by atoms with van der Waals surface area (Å²) in [5.41, 5.74) is 0.180. The van der Waals surface area contributed by atoms with E-state index in [1.165, 1.54) is 0 Å². The van der Waals surface area contributed by atoms with Crippen molar-refractivity contribution in [2.45, 2.75) is 44.8 Å². The van der Waals surface area contributed by atoms with E-state index >= 15 is 0 Å². The van der Waals surface area contributed by atoms with Crippen molar-refractivity contribution in [1.29, 1.82) is 0 Å². The molecule has 0 saturated heterocycles. The Morgan fingerprint density at radius 3 is 3.06 bits per heavy atom. The standard InChI is InChI=1S/C13H21BrN2O2/c1-3-10-4-5-13(17,8-10)12-11(14)9-15-16(12)6-7-18-2/h9-10,17H,3-8H2,1-2H3. The van der Waals surface area contributed by atoms with Crippen molar-refractivity contribution in [1.82, 2.24) is 9.78 Å². The molecule has 0 spiro atoms. The highest BCUT2D eigenvalue weighted by Crippen LogP contribution is 2.45. The molecule has 0 amide bonds. The number of halogens is 1. The van der Waals surface area contributed by atoms with Crippen LogP contribution in [0.3, 0.4) is 0 Å². The number of aromatic nitrogens is 2. The summed E-state index contributed by atoms with van der Waals surface area (Å²) in [5.74, 6) is 0.618. The quantitative estimate of drug-likeness (QED) is 0.908. The van der Waals surface area contributed by atoms with Crippen LogP contribution in [0, 0.1) is 5.92 Å². The first-order valence-electron chi connectivity index (χ1n) is 6.54. The maximum atomic E-state index is 10.9. The van der Waals surface area contributed by atoms with Crippen molar-refractivity contribution in [3.8, 4) is 0 Å². The van der Waals surface area contributed by atoms with Crippen LogP contribution < -0.4 is 0 Å². The highest BCUT2D eigenvalue weighted by Gasteiger charge is 2.41. The second-order valence-corrected chi connectivity index (χ2v) is 5.96. The zero-order chi connectivity index (χ0) is 13.2. The lowest BCUT2D eigenvalue weighted by molar-refractivity contribution is 0.0283. The van der Waals surface area contributed by atoms with Gasteiger partial charge in [0.25, 0.3) is 0 Å².